The minimum Gasteiger partial charge on any atom is -0.476 e. The number of hydrogen-bond acceptors (Lipinski definition) is 5. The van der Waals surface area contributed by atoms with Crippen LogP contribution in [0.2, 0.25) is 0 Å². The summed E-state index contributed by atoms with van der Waals surface area (Å²) in [4.78, 5) is 16.9. The first-order valence-corrected chi connectivity index (χ1v) is 5.69. The van der Waals surface area contributed by atoms with Gasteiger partial charge in [0.2, 0.25) is 5.01 Å². The minimum atomic E-state index is -0.954. The van der Waals surface area contributed by atoms with Crippen LogP contribution in [0, 0.1) is 0 Å². The Morgan fingerprint density at radius 2 is 2.60 bits per heavy atom. The molecule has 1 unspecified atom stereocenters. The molecule has 5 nitrogen and oxygen atoms in total. The average molecular weight is 227 g/mol. The molecular weight excluding hydrogens is 214 g/mol. The maximum Gasteiger partial charge on any atom is 0.365 e. The highest BCUT2D eigenvalue weighted by Crippen LogP contribution is 2.15. The van der Waals surface area contributed by atoms with E-state index in [1.54, 1.807) is 5.38 Å². The van der Waals surface area contributed by atoms with Gasteiger partial charge in [0.15, 0.2) is 0 Å². The molecule has 0 bridgehead atoms. The normalized spacial score (nSPS) is 22.1. The summed E-state index contributed by atoms with van der Waals surface area (Å²) in [6, 6.07) is 0.252. The van der Waals surface area contributed by atoms with Crippen molar-refractivity contribution in [1.29, 1.82) is 0 Å². The maximum absolute atomic E-state index is 10.6. The largest absolute Gasteiger partial charge is 0.476 e. The van der Waals surface area contributed by atoms with Crippen LogP contribution in [-0.4, -0.2) is 40.1 Å². The number of thiazole rings is 1. The standard InChI is InChI=1S/C9H13N3O2S/c10-6-1-2-12(3-6)4-7-5-15-8(11-7)9(13)14/h5-6H,1-4,10H2,(H,13,14). The fourth-order valence-electron chi connectivity index (χ4n) is 1.71. The van der Waals surface area contributed by atoms with Crippen molar-refractivity contribution in [3.8, 4) is 0 Å². The zero-order valence-electron chi connectivity index (χ0n) is 8.22. The topological polar surface area (TPSA) is 79.5 Å². The molecule has 1 aliphatic heterocycles. The highest BCUT2D eigenvalue weighted by molar-refractivity contribution is 7.11. The number of carbonyl (C=O) groups is 1. The van der Waals surface area contributed by atoms with Crippen LogP contribution in [0.4, 0.5) is 0 Å². The zero-order chi connectivity index (χ0) is 10.8. The Hall–Kier alpha value is -0.980. The van der Waals surface area contributed by atoms with Crippen LogP contribution in [0.15, 0.2) is 5.38 Å². The Balaban J connectivity index is 1.96. The van der Waals surface area contributed by atoms with Crippen molar-refractivity contribution in [1.82, 2.24) is 9.88 Å². The summed E-state index contributed by atoms with van der Waals surface area (Å²) in [5.41, 5.74) is 6.60. The van der Waals surface area contributed by atoms with Crippen molar-refractivity contribution < 1.29 is 9.90 Å². The van der Waals surface area contributed by atoms with Crippen LogP contribution in [-0.2, 0) is 6.54 Å². The van der Waals surface area contributed by atoms with E-state index in [9.17, 15) is 4.79 Å². The van der Waals surface area contributed by atoms with Gasteiger partial charge in [0, 0.05) is 31.1 Å². The van der Waals surface area contributed by atoms with Gasteiger partial charge in [-0.3, -0.25) is 4.90 Å². The number of aromatic carboxylic acids is 1. The maximum atomic E-state index is 10.6. The second-order valence-corrected chi connectivity index (χ2v) is 4.59. The van der Waals surface area contributed by atoms with Gasteiger partial charge in [-0.2, -0.15) is 0 Å². The molecule has 0 amide bonds. The van der Waals surface area contributed by atoms with Gasteiger partial charge in [-0.1, -0.05) is 0 Å². The van der Waals surface area contributed by atoms with Crippen LogP contribution in [0.5, 0.6) is 0 Å². The lowest BCUT2D eigenvalue weighted by atomic mass is 10.3. The first-order valence-electron chi connectivity index (χ1n) is 4.81. The molecule has 1 aliphatic rings. The molecule has 0 aliphatic carbocycles. The molecule has 6 heteroatoms. The molecular formula is C9H13N3O2S. The summed E-state index contributed by atoms with van der Waals surface area (Å²) in [5.74, 6) is -0.954. The van der Waals surface area contributed by atoms with Gasteiger partial charge in [0.1, 0.15) is 0 Å². The molecule has 1 atom stereocenters. The molecule has 0 aromatic carbocycles. The van der Waals surface area contributed by atoms with Crippen molar-refractivity contribution in [2.24, 2.45) is 5.73 Å². The lowest BCUT2D eigenvalue weighted by Crippen LogP contribution is -2.26. The second kappa shape index (κ2) is 4.26. The zero-order valence-corrected chi connectivity index (χ0v) is 9.04. The Labute approximate surface area is 91.5 Å². The Morgan fingerprint density at radius 1 is 1.80 bits per heavy atom. The number of carboxylic acid groups (broad SMARTS) is 1. The first-order chi connectivity index (χ1) is 7.15. The van der Waals surface area contributed by atoms with Crippen molar-refractivity contribution in [3.63, 3.8) is 0 Å². The molecule has 15 heavy (non-hydrogen) atoms. The van der Waals surface area contributed by atoms with E-state index in [1.807, 2.05) is 0 Å². The van der Waals surface area contributed by atoms with Crippen molar-refractivity contribution in [2.45, 2.75) is 19.0 Å². The van der Waals surface area contributed by atoms with Gasteiger partial charge in [-0.05, 0) is 6.42 Å². The molecule has 0 radical (unpaired) electrons. The smallest absolute Gasteiger partial charge is 0.365 e. The molecule has 2 heterocycles. The minimum absolute atomic E-state index is 0.161. The van der Waals surface area contributed by atoms with Crippen LogP contribution in [0.1, 0.15) is 21.9 Å². The van der Waals surface area contributed by atoms with E-state index >= 15 is 0 Å². The molecule has 0 spiro atoms. The van der Waals surface area contributed by atoms with Crippen molar-refractivity contribution in [3.05, 3.63) is 16.1 Å². The molecule has 1 fully saturated rings. The van der Waals surface area contributed by atoms with Crippen LogP contribution in [0.25, 0.3) is 0 Å². The monoisotopic (exact) mass is 227 g/mol. The van der Waals surface area contributed by atoms with E-state index < -0.39 is 5.97 Å². The Morgan fingerprint density at radius 3 is 3.13 bits per heavy atom. The number of aromatic nitrogens is 1. The average Bonchev–Trinajstić information content (AvgIpc) is 2.76. The number of rotatable bonds is 3. The highest BCUT2D eigenvalue weighted by atomic mass is 32.1. The van der Waals surface area contributed by atoms with E-state index in [-0.39, 0.29) is 11.0 Å². The van der Waals surface area contributed by atoms with E-state index in [4.69, 9.17) is 10.8 Å². The highest BCUT2D eigenvalue weighted by Gasteiger charge is 2.20. The number of carboxylic acids is 1. The number of likely N-dealkylation sites (tertiary alicyclic amines) is 1. The summed E-state index contributed by atoms with van der Waals surface area (Å²) in [6.45, 7) is 2.55. The van der Waals surface area contributed by atoms with Gasteiger partial charge < -0.3 is 10.8 Å². The molecule has 3 N–H and O–H groups in total. The van der Waals surface area contributed by atoms with Gasteiger partial charge in [-0.25, -0.2) is 9.78 Å². The van der Waals surface area contributed by atoms with Crippen LogP contribution in [0.3, 0.4) is 0 Å². The molecule has 2 rings (SSSR count). The lowest BCUT2D eigenvalue weighted by molar-refractivity contribution is 0.0696. The number of hydrogen-bond donors (Lipinski definition) is 2. The van der Waals surface area contributed by atoms with Gasteiger partial charge >= 0.3 is 5.97 Å². The Bertz CT molecular complexity index is 366. The predicted molar refractivity (Wildman–Crippen MR) is 56.9 cm³/mol. The Kier molecular flexibility index (Phi) is 2.99. The SMILES string of the molecule is NC1CCN(Cc2csc(C(=O)O)n2)C1. The summed E-state index contributed by atoms with van der Waals surface area (Å²) in [7, 11) is 0. The van der Waals surface area contributed by atoms with E-state index in [0.717, 1.165) is 25.2 Å². The molecule has 82 valence electrons. The predicted octanol–water partition coefficient (Wildman–Crippen LogP) is 0.374. The molecule has 1 aromatic heterocycles. The van der Waals surface area contributed by atoms with Crippen molar-refractivity contribution >= 4 is 17.3 Å². The summed E-state index contributed by atoms with van der Waals surface area (Å²) in [6.07, 6.45) is 1.01. The van der Waals surface area contributed by atoms with Gasteiger partial charge in [0.25, 0.3) is 0 Å². The second-order valence-electron chi connectivity index (χ2n) is 3.73. The molecule has 1 saturated heterocycles. The number of nitrogens with two attached hydrogens (primary N) is 1. The molecule has 0 saturated carbocycles. The molecule has 1 aromatic rings. The lowest BCUT2D eigenvalue weighted by Gasteiger charge is -2.12. The number of nitrogens with zero attached hydrogens (tertiary/aromatic N) is 2. The van der Waals surface area contributed by atoms with E-state index in [1.165, 1.54) is 11.3 Å². The van der Waals surface area contributed by atoms with Crippen LogP contribution >= 0.6 is 11.3 Å². The summed E-state index contributed by atoms with van der Waals surface area (Å²) < 4.78 is 0. The third-order valence-corrected chi connectivity index (χ3v) is 3.31. The quantitative estimate of drug-likeness (QED) is 0.780. The summed E-state index contributed by atoms with van der Waals surface area (Å²) in [5, 5.41) is 10.7. The third-order valence-electron chi connectivity index (χ3n) is 2.43. The van der Waals surface area contributed by atoms with Gasteiger partial charge in [0.05, 0.1) is 5.69 Å². The van der Waals surface area contributed by atoms with Crippen molar-refractivity contribution in [2.75, 3.05) is 13.1 Å². The van der Waals surface area contributed by atoms with E-state index in [0.29, 0.717) is 6.54 Å². The fourth-order valence-corrected chi connectivity index (χ4v) is 2.36. The first kappa shape index (κ1) is 10.5. The fraction of sp³-hybridized carbons (Fsp3) is 0.556. The summed E-state index contributed by atoms with van der Waals surface area (Å²) >= 11 is 1.17. The van der Waals surface area contributed by atoms with Gasteiger partial charge in [-0.15, -0.1) is 11.3 Å². The van der Waals surface area contributed by atoms with E-state index in [2.05, 4.69) is 9.88 Å². The van der Waals surface area contributed by atoms with Crippen LogP contribution < -0.4 is 5.73 Å². The third kappa shape index (κ3) is 2.53.